The van der Waals surface area contributed by atoms with Crippen molar-refractivity contribution in [2.45, 2.75) is 0 Å². The van der Waals surface area contributed by atoms with Crippen LogP contribution < -0.4 is 5.32 Å². The average molecular weight is 295 g/mol. The number of hydrogen-bond acceptors (Lipinski definition) is 3. The monoisotopic (exact) mass is 294 g/mol. The Bertz CT molecular complexity index is 585. The van der Waals surface area contributed by atoms with E-state index in [4.69, 9.17) is 6.42 Å². The van der Waals surface area contributed by atoms with Crippen molar-refractivity contribution >= 4 is 43.4 Å². The van der Waals surface area contributed by atoms with E-state index in [1.54, 1.807) is 6.07 Å². The molecule has 0 saturated heterocycles. The minimum atomic E-state index is -0.163. The van der Waals surface area contributed by atoms with Gasteiger partial charge in [-0.1, -0.05) is 5.92 Å². The standard InChI is InChI=1S/C11H7BrN2OS/c1-2-5-13-10(15)7-3-4-8-9(6-7)16-11(12)14-8/h1,3-4,6H,5H2,(H,13,15). The molecule has 3 nitrogen and oxygen atoms in total. The first-order chi connectivity index (χ1) is 7.70. The molecule has 0 aliphatic rings. The molecule has 2 rings (SSSR count). The molecule has 0 fully saturated rings. The molecule has 1 amide bonds. The Balaban J connectivity index is 2.32. The summed E-state index contributed by atoms with van der Waals surface area (Å²) < 4.78 is 1.78. The van der Waals surface area contributed by atoms with Crippen LogP contribution in [0.3, 0.4) is 0 Å². The van der Waals surface area contributed by atoms with Gasteiger partial charge in [0, 0.05) is 5.56 Å². The molecule has 5 heteroatoms. The van der Waals surface area contributed by atoms with Crippen LogP contribution in [0.25, 0.3) is 10.2 Å². The third-order valence-electron chi connectivity index (χ3n) is 1.98. The van der Waals surface area contributed by atoms with Crippen LogP contribution in [0.5, 0.6) is 0 Å². The predicted octanol–water partition coefficient (Wildman–Crippen LogP) is 2.42. The van der Waals surface area contributed by atoms with Crippen LogP contribution in [0.2, 0.25) is 0 Å². The zero-order valence-corrected chi connectivity index (χ0v) is 10.6. The van der Waals surface area contributed by atoms with Crippen molar-refractivity contribution in [3.05, 3.63) is 27.7 Å². The first kappa shape index (κ1) is 11.1. The van der Waals surface area contributed by atoms with Gasteiger partial charge in [0.15, 0.2) is 3.92 Å². The van der Waals surface area contributed by atoms with Crippen LogP contribution in [0, 0.1) is 12.3 Å². The molecule has 1 aromatic heterocycles. The number of terminal acetylenes is 1. The Hall–Kier alpha value is -1.38. The first-order valence-corrected chi connectivity index (χ1v) is 6.09. The number of carbonyl (C=O) groups is 1. The number of nitrogens with zero attached hydrogens (tertiary/aromatic N) is 1. The van der Waals surface area contributed by atoms with E-state index in [2.05, 4.69) is 32.2 Å². The summed E-state index contributed by atoms with van der Waals surface area (Å²) in [7, 11) is 0. The predicted molar refractivity (Wildman–Crippen MR) is 68.5 cm³/mol. The van der Waals surface area contributed by atoms with E-state index in [0.29, 0.717) is 5.56 Å². The molecule has 2 aromatic rings. The van der Waals surface area contributed by atoms with E-state index < -0.39 is 0 Å². The second-order valence-corrected chi connectivity index (χ2v) is 5.34. The zero-order valence-electron chi connectivity index (χ0n) is 8.16. The van der Waals surface area contributed by atoms with Crippen LogP contribution in [0.15, 0.2) is 22.1 Å². The van der Waals surface area contributed by atoms with E-state index >= 15 is 0 Å². The van der Waals surface area contributed by atoms with Crippen molar-refractivity contribution < 1.29 is 4.79 Å². The molecule has 0 saturated carbocycles. The molecular formula is C11H7BrN2OS. The fraction of sp³-hybridized carbons (Fsp3) is 0.0909. The minimum Gasteiger partial charge on any atom is -0.341 e. The number of aromatic nitrogens is 1. The quantitative estimate of drug-likeness (QED) is 0.865. The third kappa shape index (κ3) is 2.23. The van der Waals surface area contributed by atoms with E-state index in [1.165, 1.54) is 11.3 Å². The second-order valence-electron chi connectivity index (χ2n) is 3.04. The highest BCUT2D eigenvalue weighted by atomic mass is 79.9. The molecular weight excluding hydrogens is 288 g/mol. The molecule has 0 aliphatic heterocycles. The molecule has 0 radical (unpaired) electrons. The summed E-state index contributed by atoms with van der Waals surface area (Å²) in [5, 5.41) is 2.62. The molecule has 0 spiro atoms. The van der Waals surface area contributed by atoms with Crippen LogP contribution in [-0.4, -0.2) is 17.4 Å². The molecule has 1 aromatic carbocycles. The van der Waals surface area contributed by atoms with Gasteiger partial charge in [0.1, 0.15) is 0 Å². The van der Waals surface area contributed by atoms with Crippen LogP contribution in [0.4, 0.5) is 0 Å². The first-order valence-electron chi connectivity index (χ1n) is 4.48. The molecule has 1 heterocycles. The molecule has 1 N–H and O–H groups in total. The van der Waals surface area contributed by atoms with Crippen molar-refractivity contribution in [2.75, 3.05) is 6.54 Å². The zero-order chi connectivity index (χ0) is 11.5. The van der Waals surface area contributed by atoms with Gasteiger partial charge < -0.3 is 5.32 Å². The Labute approximate surface area is 105 Å². The van der Waals surface area contributed by atoms with Gasteiger partial charge in [0.2, 0.25) is 0 Å². The fourth-order valence-corrected chi connectivity index (χ4v) is 2.71. The lowest BCUT2D eigenvalue weighted by Crippen LogP contribution is -2.23. The van der Waals surface area contributed by atoms with Crippen LogP contribution in [-0.2, 0) is 0 Å². The summed E-state index contributed by atoms with van der Waals surface area (Å²) in [6, 6.07) is 5.37. The summed E-state index contributed by atoms with van der Waals surface area (Å²) >= 11 is 4.80. The smallest absolute Gasteiger partial charge is 0.252 e. The highest BCUT2D eigenvalue weighted by Gasteiger charge is 2.07. The number of rotatable bonds is 2. The number of amides is 1. The van der Waals surface area contributed by atoms with E-state index in [9.17, 15) is 4.79 Å². The number of halogens is 1. The number of fused-ring (bicyclic) bond motifs is 1. The maximum Gasteiger partial charge on any atom is 0.252 e. The number of nitrogens with one attached hydrogen (secondary N) is 1. The van der Waals surface area contributed by atoms with E-state index in [0.717, 1.165) is 14.1 Å². The summed E-state index contributed by atoms with van der Waals surface area (Å²) in [5.41, 5.74) is 1.48. The van der Waals surface area contributed by atoms with Gasteiger partial charge in [-0.15, -0.1) is 17.8 Å². The second kappa shape index (κ2) is 4.64. The molecule has 0 aliphatic carbocycles. The number of benzene rings is 1. The van der Waals surface area contributed by atoms with Gasteiger partial charge in [-0.25, -0.2) is 4.98 Å². The lowest BCUT2D eigenvalue weighted by molar-refractivity contribution is 0.0959. The van der Waals surface area contributed by atoms with Crippen molar-refractivity contribution in [2.24, 2.45) is 0 Å². The van der Waals surface area contributed by atoms with Crippen molar-refractivity contribution in [3.8, 4) is 12.3 Å². The van der Waals surface area contributed by atoms with Crippen LogP contribution in [0.1, 0.15) is 10.4 Å². The molecule has 0 bridgehead atoms. The summed E-state index contributed by atoms with van der Waals surface area (Å²) in [5.74, 6) is 2.20. The Morgan fingerprint density at radius 2 is 2.44 bits per heavy atom. The lowest BCUT2D eigenvalue weighted by atomic mass is 10.2. The van der Waals surface area contributed by atoms with Crippen molar-refractivity contribution in [1.82, 2.24) is 10.3 Å². The summed E-state index contributed by atoms with van der Waals surface area (Å²) in [4.78, 5) is 15.9. The van der Waals surface area contributed by atoms with Crippen molar-refractivity contribution in [3.63, 3.8) is 0 Å². The maximum absolute atomic E-state index is 11.6. The fourth-order valence-electron chi connectivity index (χ4n) is 1.27. The molecule has 80 valence electrons. The normalized spacial score (nSPS) is 10.0. The van der Waals surface area contributed by atoms with Gasteiger partial charge in [-0.05, 0) is 34.1 Å². The van der Waals surface area contributed by atoms with Gasteiger partial charge in [-0.2, -0.15) is 0 Å². The summed E-state index contributed by atoms with van der Waals surface area (Å²) in [6.45, 7) is 0.239. The highest BCUT2D eigenvalue weighted by Crippen LogP contribution is 2.26. The van der Waals surface area contributed by atoms with Gasteiger partial charge in [0.05, 0.1) is 16.8 Å². The van der Waals surface area contributed by atoms with E-state index in [-0.39, 0.29) is 12.5 Å². The SMILES string of the molecule is C#CCNC(=O)c1ccc2nc(Br)sc2c1. The summed E-state index contributed by atoms with van der Waals surface area (Å²) in [6.07, 6.45) is 5.07. The number of thiazole rings is 1. The topological polar surface area (TPSA) is 42.0 Å². The van der Waals surface area contributed by atoms with E-state index in [1.807, 2.05) is 12.1 Å². The third-order valence-corrected chi connectivity index (χ3v) is 3.45. The molecule has 0 unspecified atom stereocenters. The number of hydrogen-bond donors (Lipinski definition) is 1. The minimum absolute atomic E-state index is 0.163. The molecule has 16 heavy (non-hydrogen) atoms. The number of carbonyl (C=O) groups excluding carboxylic acids is 1. The Kier molecular flexibility index (Phi) is 3.22. The Morgan fingerprint density at radius 1 is 1.62 bits per heavy atom. The molecule has 0 atom stereocenters. The van der Waals surface area contributed by atoms with Gasteiger partial charge in [-0.3, -0.25) is 4.79 Å². The Morgan fingerprint density at radius 3 is 3.19 bits per heavy atom. The van der Waals surface area contributed by atoms with Gasteiger partial charge in [0.25, 0.3) is 5.91 Å². The lowest BCUT2D eigenvalue weighted by Gasteiger charge is -2.00. The van der Waals surface area contributed by atoms with Gasteiger partial charge >= 0.3 is 0 Å². The highest BCUT2D eigenvalue weighted by molar-refractivity contribution is 9.11. The maximum atomic E-state index is 11.6. The largest absolute Gasteiger partial charge is 0.341 e. The average Bonchev–Trinajstić information content (AvgIpc) is 2.64. The van der Waals surface area contributed by atoms with Crippen LogP contribution >= 0.6 is 27.3 Å². The van der Waals surface area contributed by atoms with Crippen molar-refractivity contribution in [1.29, 1.82) is 0 Å².